The third-order valence-corrected chi connectivity index (χ3v) is 2.79. The Balaban J connectivity index is 1.91. The lowest BCUT2D eigenvalue weighted by atomic mass is 10.2. The summed E-state index contributed by atoms with van der Waals surface area (Å²) in [5.41, 5.74) is 2.27. The van der Waals surface area contributed by atoms with Gasteiger partial charge >= 0.3 is 5.97 Å². The largest absolute Gasteiger partial charge is 0.461 e. The highest BCUT2D eigenvalue weighted by Gasteiger charge is 2.12. The van der Waals surface area contributed by atoms with Crippen LogP contribution in [0.3, 0.4) is 0 Å². The first-order valence-corrected chi connectivity index (χ1v) is 6.54. The Bertz CT molecular complexity index is 564. The normalized spacial score (nSPS) is 10.5. The minimum Gasteiger partial charge on any atom is -0.461 e. The van der Waals surface area contributed by atoms with E-state index in [1.54, 1.807) is 17.7 Å². The van der Waals surface area contributed by atoms with Gasteiger partial charge in [-0.1, -0.05) is 30.3 Å². The van der Waals surface area contributed by atoms with E-state index in [0.29, 0.717) is 25.6 Å². The third kappa shape index (κ3) is 3.68. The molecule has 106 valence electrons. The van der Waals surface area contributed by atoms with Crippen LogP contribution in [0, 0.1) is 6.92 Å². The van der Waals surface area contributed by atoms with Crippen LogP contribution >= 0.6 is 0 Å². The van der Waals surface area contributed by atoms with E-state index in [1.807, 2.05) is 37.3 Å². The number of carbonyl (C=O) groups excluding carboxylic acids is 1. The fraction of sp³-hybridized carbons (Fsp3) is 0.333. The molecule has 0 atom stereocenters. The number of ether oxygens (including phenoxy) is 2. The van der Waals surface area contributed by atoms with Gasteiger partial charge in [0.2, 0.25) is 0 Å². The summed E-state index contributed by atoms with van der Waals surface area (Å²) < 4.78 is 12.2. The number of hydrogen-bond donors (Lipinski definition) is 0. The molecule has 2 rings (SSSR count). The minimum atomic E-state index is -0.405. The summed E-state index contributed by atoms with van der Waals surface area (Å²) >= 11 is 0. The Hall–Kier alpha value is -2.14. The maximum Gasteiger partial charge on any atom is 0.358 e. The van der Waals surface area contributed by atoms with Gasteiger partial charge < -0.3 is 9.47 Å². The molecule has 1 heterocycles. The van der Waals surface area contributed by atoms with Crippen LogP contribution < -0.4 is 0 Å². The Labute approximate surface area is 118 Å². The van der Waals surface area contributed by atoms with Crippen molar-refractivity contribution in [1.82, 2.24) is 9.78 Å². The SMILES string of the molecule is CCOC(=O)c1cc(C)n(COCc2ccccc2)n1. The van der Waals surface area contributed by atoms with Gasteiger partial charge in [-0.15, -0.1) is 0 Å². The first kappa shape index (κ1) is 14.3. The average molecular weight is 274 g/mol. The fourth-order valence-electron chi connectivity index (χ4n) is 1.77. The van der Waals surface area contributed by atoms with Crippen molar-refractivity contribution in [2.45, 2.75) is 27.2 Å². The van der Waals surface area contributed by atoms with E-state index in [9.17, 15) is 4.79 Å². The van der Waals surface area contributed by atoms with Gasteiger partial charge in [0, 0.05) is 5.69 Å². The summed E-state index contributed by atoms with van der Waals surface area (Å²) in [6.07, 6.45) is 0. The van der Waals surface area contributed by atoms with E-state index >= 15 is 0 Å². The molecule has 0 unspecified atom stereocenters. The number of aryl methyl sites for hydroxylation is 1. The third-order valence-electron chi connectivity index (χ3n) is 2.79. The summed E-state index contributed by atoms with van der Waals surface area (Å²) in [4.78, 5) is 11.6. The lowest BCUT2D eigenvalue weighted by Gasteiger charge is -2.06. The fourth-order valence-corrected chi connectivity index (χ4v) is 1.77. The number of rotatable bonds is 6. The second-order valence-corrected chi connectivity index (χ2v) is 4.35. The number of hydrogen-bond acceptors (Lipinski definition) is 4. The molecule has 2 aromatic rings. The van der Waals surface area contributed by atoms with Crippen LogP contribution in [0.4, 0.5) is 0 Å². The number of carbonyl (C=O) groups is 1. The van der Waals surface area contributed by atoms with Crippen LogP contribution in [0.2, 0.25) is 0 Å². The van der Waals surface area contributed by atoms with E-state index in [1.165, 1.54) is 0 Å². The van der Waals surface area contributed by atoms with Crippen LogP contribution in [0.5, 0.6) is 0 Å². The Morgan fingerprint density at radius 1 is 1.30 bits per heavy atom. The molecule has 0 aliphatic carbocycles. The maximum atomic E-state index is 11.6. The van der Waals surface area contributed by atoms with Crippen LogP contribution in [-0.4, -0.2) is 22.4 Å². The van der Waals surface area contributed by atoms with Gasteiger partial charge in [-0.3, -0.25) is 0 Å². The number of esters is 1. The second-order valence-electron chi connectivity index (χ2n) is 4.35. The smallest absolute Gasteiger partial charge is 0.358 e. The molecule has 0 spiro atoms. The van der Waals surface area contributed by atoms with Gasteiger partial charge in [0.1, 0.15) is 6.73 Å². The Morgan fingerprint density at radius 3 is 2.75 bits per heavy atom. The zero-order chi connectivity index (χ0) is 14.4. The molecule has 0 amide bonds. The molecule has 0 fully saturated rings. The molecule has 0 bridgehead atoms. The topological polar surface area (TPSA) is 53.4 Å². The highest BCUT2D eigenvalue weighted by atomic mass is 16.5. The van der Waals surface area contributed by atoms with Gasteiger partial charge in [-0.05, 0) is 25.5 Å². The van der Waals surface area contributed by atoms with Crippen LogP contribution in [0.15, 0.2) is 36.4 Å². The van der Waals surface area contributed by atoms with Gasteiger partial charge in [0.25, 0.3) is 0 Å². The van der Waals surface area contributed by atoms with Crippen molar-refractivity contribution in [3.8, 4) is 0 Å². The first-order valence-electron chi connectivity index (χ1n) is 6.54. The zero-order valence-electron chi connectivity index (χ0n) is 11.7. The van der Waals surface area contributed by atoms with E-state index in [4.69, 9.17) is 9.47 Å². The summed E-state index contributed by atoms with van der Waals surface area (Å²) in [6, 6.07) is 11.6. The van der Waals surface area contributed by atoms with Crippen molar-refractivity contribution in [1.29, 1.82) is 0 Å². The number of benzene rings is 1. The molecular formula is C15H18N2O3. The molecule has 0 radical (unpaired) electrons. The Morgan fingerprint density at radius 2 is 2.05 bits per heavy atom. The van der Waals surface area contributed by atoms with Crippen molar-refractivity contribution in [3.63, 3.8) is 0 Å². The van der Waals surface area contributed by atoms with Crippen molar-refractivity contribution in [3.05, 3.63) is 53.3 Å². The van der Waals surface area contributed by atoms with E-state index in [2.05, 4.69) is 5.10 Å². The monoisotopic (exact) mass is 274 g/mol. The van der Waals surface area contributed by atoms with Crippen molar-refractivity contribution in [2.24, 2.45) is 0 Å². The van der Waals surface area contributed by atoms with E-state index in [-0.39, 0.29) is 0 Å². The van der Waals surface area contributed by atoms with Crippen LogP contribution in [0.25, 0.3) is 0 Å². The maximum absolute atomic E-state index is 11.6. The van der Waals surface area contributed by atoms with Gasteiger partial charge in [-0.2, -0.15) is 5.10 Å². The highest BCUT2D eigenvalue weighted by Crippen LogP contribution is 2.07. The predicted octanol–water partition coefficient (Wildman–Crippen LogP) is 2.54. The van der Waals surface area contributed by atoms with Gasteiger partial charge in [0.05, 0.1) is 13.2 Å². The summed E-state index contributed by atoms with van der Waals surface area (Å²) in [6.45, 7) is 4.80. The molecular weight excluding hydrogens is 256 g/mol. The van der Waals surface area contributed by atoms with Crippen molar-refractivity contribution >= 4 is 5.97 Å². The van der Waals surface area contributed by atoms with Gasteiger partial charge in [-0.25, -0.2) is 9.48 Å². The van der Waals surface area contributed by atoms with Crippen LogP contribution in [0.1, 0.15) is 28.7 Å². The summed E-state index contributed by atoms with van der Waals surface area (Å²) in [5, 5.41) is 4.18. The number of nitrogens with zero attached hydrogens (tertiary/aromatic N) is 2. The van der Waals surface area contributed by atoms with Gasteiger partial charge in [0.15, 0.2) is 5.69 Å². The lowest BCUT2D eigenvalue weighted by Crippen LogP contribution is -2.09. The van der Waals surface area contributed by atoms with Crippen LogP contribution in [-0.2, 0) is 22.8 Å². The summed E-state index contributed by atoms with van der Waals surface area (Å²) in [7, 11) is 0. The Kier molecular flexibility index (Phi) is 4.90. The minimum absolute atomic E-state index is 0.306. The lowest BCUT2D eigenvalue weighted by molar-refractivity contribution is 0.0484. The van der Waals surface area contributed by atoms with Crippen molar-refractivity contribution in [2.75, 3.05) is 6.61 Å². The van der Waals surface area contributed by atoms with E-state index < -0.39 is 5.97 Å². The molecule has 5 heteroatoms. The molecule has 1 aromatic carbocycles. The quantitative estimate of drug-likeness (QED) is 0.760. The molecule has 1 aromatic heterocycles. The molecule has 0 saturated carbocycles. The predicted molar refractivity (Wildman–Crippen MR) is 74.2 cm³/mol. The standard InChI is InChI=1S/C15H18N2O3/c1-3-20-15(18)14-9-12(2)17(16-14)11-19-10-13-7-5-4-6-8-13/h4-9H,3,10-11H2,1-2H3. The molecule has 0 saturated heterocycles. The zero-order valence-corrected chi connectivity index (χ0v) is 11.7. The van der Waals surface area contributed by atoms with Crippen molar-refractivity contribution < 1.29 is 14.3 Å². The summed E-state index contributed by atoms with van der Waals surface area (Å²) in [5.74, 6) is -0.405. The molecule has 0 aliphatic heterocycles. The molecule has 5 nitrogen and oxygen atoms in total. The first-order chi connectivity index (χ1) is 9.70. The average Bonchev–Trinajstić information content (AvgIpc) is 2.82. The highest BCUT2D eigenvalue weighted by molar-refractivity contribution is 5.87. The second kappa shape index (κ2) is 6.86. The molecule has 0 aliphatic rings. The van der Waals surface area contributed by atoms with E-state index in [0.717, 1.165) is 11.3 Å². The molecule has 20 heavy (non-hydrogen) atoms. The molecule has 0 N–H and O–H groups in total. The number of aromatic nitrogens is 2.